The van der Waals surface area contributed by atoms with Gasteiger partial charge in [0.1, 0.15) is 10.6 Å². The molecule has 3 aromatic heterocycles. The van der Waals surface area contributed by atoms with Crippen LogP contribution in [-0.4, -0.2) is 46.4 Å². The molecule has 4 rings (SSSR count). The van der Waals surface area contributed by atoms with Crippen LogP contribution in [0.2, 0.25) is 0 Å². The molecule has 0 amide bonds. The minimum atomic E-state index is 0.0426. The summed E-state index contributed by atoms with van der Waals surface area (Å²) in [7, 11) is 0. The van der Waals surface area contributed by atoms with Gasteiger partial charge in [-0.15, -0.1) is 11.3 Å². The summed E-state index contributed by atoms with van der Waals surface area (Å²) >= 11 is 1.78. The smallest absolute Gasteiger partial charge is 0.164 e. The fourth-order valence-electron chi connectivity index (χ4n) is 3.16. The molecular formula is C18H20N4O2S. The van der Waals surface area contributed by atoms with Crippen molar-refractivity contribution >= 4 is 27.4 Å². The number of aromatic nitrogens is 3. The molecule has 3 aromatic rings. The highest BCUT2D eigenvalue weighted by atomic mass is 32.1. The standard InChI is InChI=1S/C18H20N4O2S/c23-8-10-24-9-7-20-17-15-13-4-1-5-14(13)25-18(15)22-16(21-17)12-3-2-6-19-11-12/h2-3,6,11,23H,1,4-5,7-10H2,(H,20,21,22). The molecule has 25 heavy (non-hydrogen) atoms. The van der Waals surface area contributed by atoms with E-state index in [2.05, 4.69) is 10.3 Å². The lowest BCUT2D eigenvalue weighted by Crippen LogP contribution is -2.13. The second-order valence-corrected chi connectivity index (χ2v) is 7.02. The summed E-state index contributed by atoms with van der Waals surface area (Å²) in [6, 6.07) is 3.87. The number of fused-ring (bicyclic) bond motifs is 3. The van der Waals surface area contributed by atoms with E-state index < -0.39 is 0 Å². The monoisotopic (exact) mass is 356 g/mol. The van der Waals surface area contributed by atoms with Crippen molar-refractivity contribution in [3.05, 3.63) is 35.0 Å². The van der Waals surface area contributed by atoms with Crippen LogP contribution in [0, 0.1) is 0 Å². The van der Waals surface area contributed by atoms with Crippen molar-refractivity contribution < 1.29 is 9.84 Å². The van der Waals surface area contributed by atoms with Gasteiger partial charge in [0.05, 0.1) is 25.2 Å². The quantitative estimate of drug-likeness (QED) is 0.634. The summed E-state index contributed by atoms with van der Waals surface area (Å²) in [6.07, 6.45) is 6.98. The van der Waals surface area contributed by atoms with E-state index in [1.807, 2.05) is 12.1 Å². The molecule has 0 unspecified atom stereocenters. The Morgan fingerprint density at radius 1 is 1.24 bits per heavy atom. The molecule has 0 bridgehead atoms. The van der Waals surface area contributed by atoms with Crippen LogP contribution in [0.1, 0.15) is 16.9 Å². The SMILES string of the molecule is OCCOCCNc1nc(-c2cccnc2)nc2sc3c(c12)CCC3. The topological polar surface area (TPSA) is 80.2 Å². The van der Waals surface area contributed by atoms with Gasteiger partial charge in [-0.1, -0.05) is 0 Å². The summed E-state index contributed by atoms with van der Waals surface area (Å²) in [5.41, 5.74) is 2.31. The Labute approximate surface area is 149 Å². The molecule has 0 aliphatic heterocycles. The predicted molar refractivity (Wildman–Crippen MR) is 99.1 cm³/mol. The van der Waals surface area contributed by atoms with Crippen LogP contribution in [-0.2, 0) is 17.6 Å². The number of nitrogens with one attached hydrogen (secondary N) is 1. The fraction of sp³-hybridized carbons (Fsp3) is 0.389. The van der Waals surface area contributed by atoms with Gasteiger partial charge in [0.25, 0.3) is 0 Å². The van der Waals surface area contributed by atoms with Crippen LogP contribution in [0.25, 0.3) is 21.6 Å². The van der Waals surface area contributed by atoms with Gasteiger partial charge in [0, 0.05) is 29.4 Å². The lowest BCUT2D eigenvalue weighted by atomic mass is 10.2. The van der Waals surface area contributed by atoms with E-state index in [0.29, 0.717) is 25.6 Å². The number of hydrogen-bond acceptors (Lipinski definition) is 7. The molecule has 0 saturated carbocycles. The Hall–Kier alpha value is -2.09. The number of thiophene rings is 1. The molecular weight excluding hydrogens is 336 g/mol. The van der Waals surface area contributed by atoms with Gasteiger partial charge >= 0.3 is 0 Å². The first kappa shape index (κ1) is 16.4. The van der Waals surface area contributed by atoms with Crippen molar-refractivity contribution in [2.75, 3.05) is 31.7 Å². The fourth-order valence-corrected chi connectivity index (χ4v) is 4.42. The van der Waals surface area contributed by atoms with E-state index >= 15 is 0 Å². The average molecular weight is 356 g/mol. The van der Waals surface area contributed by atoms with Gasteiger partial charge in [0.15, 0.2) is 5.82 Å². The first-order valence-corrected chi connectivity index (χ1v) is 9.33. The molecule has 3 heterocycles. The molecule has 130 valence electrons. The van der Waals surface area contributed by atoms with Crippen LogP contribution in [0.5, 0.6) is 0 Å². The zero-order chi connectivity index (χ0) is 17.1. The van der Waals surface area contributed by atoms with Crippen LogP contribution in [0.3, 0.4) is 0 Å². The maximum atomic E-state index is 8.79. The normalized spacial score (nSPS) is 13.3. The third kappa shape index (κ3) is 3.35. The highest BCUT2D eigenvalue weighted by Gasteiger charge is 2.22. The number of anilines is 1. The predicted octanol–water partition coefficient (Wildman–Crippen LogP) is 2.66. The van der Waals surface area contributed by atoms with Crippen LogP contribution >= 0.6 is 11.3 Å². The number of hydrogen-bond donors (Lipinski definition) is 2. The first-order chi connectivity index (χ1) is 12.4. The van der Waals surface area contributed by atoms with Gasteiger partial charge in [0.2, 0.25) is 0 Å². The lowest BCUT2D eigenvalue weighted by Gasteiger charge is -2.10. The molecule has 0 aromatic carbocycles. The highest BCUT2D eigenvalue weighted by Crippen LogP contribution is 2.40. The molecule has 2 N–H and O–H groups in total. The Bertz CT molecular complexity index is 866. The number of aliphatic hydroxyl groups is 1. The maximum Gasteiger partial charge on any atom is 0.164 e. The largest absolute Gasteiger partial charge is 0.394 e. The lowest BCUT2D eigenvalue weighted by molar-refractivity contribution is 0.0992. The van der Waals surface area contributed by atoms with E-state index in [-0.39, 0.29) is 6.61 Å². The average Bonchev–Trinajstić information content (AvgIpc) is 3.22. The van der Waals surface area contributed by atoms with Gasteiger partial charge < -0.3 is 15.2 Å². The number of nitrogens with zero attached hydrogens (tertiary/aromatic N) is 3. The molecule has 0 fully saturated rings. The van der Waals surface area contributed by atoms with Gasteiger partial charge in [-0.25, -0.2) is 9.97 Å². The van der Waals surface area contributed by atoms with Crippen molar-refractivity contribution in [1.29, 1.82) is 0 Å². The third-order valence-electron chi connectivity index (χ3n) is 4.26. The minimum Gasteiger partial charge on any atom is -0.394 e. The summed E-state index contributed by atoms with van der Waals surface area (Å²) in [4.78, 5) is 16.2. The second kappa shape index (κ2) is 7.43. The number of aliphatic hydroxyl groups excluding tert-OH is 1. The van der Waals surface area contributed by atoms with E-state index in [4.69, 9.17) is 19.8 Å². The molecule has 0 saturated heterocycles. The third-order valence-corrected chi connectivity index (χ3v) is 5.44. The minimum absolute atomic E-state index is 0.0426. The Morgan fingerprint density at radius 2 is 2.20 bits per heavy atom. The Morgan fingerprint density at radius 3 is 3.04 bits per heavy atom. The zero-order valence-corrected chi connectivity index (χ0v) is 14.7. The van der Waals surface area contributed by atoms with Crippen LogP contribution < -0.4 is 5.32 Å². The second-order valence-electron chi connectivity index (χ2n) is 5.94. The summed E-state index contributed by atoms with van der Waals surface area (Å²) in [6.45, 7) is 1.57. The molecule has 0 spiro atoms. The molecule has 6 nitrogen and oxygen atoms in total. The first-order valence-electron chi connectivity index (χ1n) is 8.52. The maximum absolute atomic E-state index is 8.79. The molecule has 0 radical (unpaired) electrons. The Balaban J connectivity index is 1.69. The van der Waals surface area contributed by atoms with Gasteiger partial charge in [-0.3, -0.25) is 4.98 Å². The highest BCUT2D eigenvalue weighted by molar-refractivity contribution is 7.19. The van der Waals surface area contributed by atoms with Crippen molar-refractivity contribution in [2.24, 2.45) is 0 Å². The van der Waals surface area contributed by atoms with Crippen molar-refractivity contribution in [3.8, 4) is 11.4 Å². The van der Waals surface area contributed by atoms with Gasteiger partial charge in [-0.05, 0) is 37.0 Å². The molecule has 1 aliphatic carbocycles. The molecule has 7 heteroatoms. The summed E-state index contributed by atoms with van der Waals surface area (Å²) < 4.78 is 5.34. The zero-order valence-electron chi connectivity index (χ0n) is 13.9. The van der Waals surface area contributed by atoms with Crippen molar-refractivity contribution in [1.82, 2.24) is 15.0 Å². The van der Waals surface area contributed by atoms with Crippen LogP contribution in [0.4, 0.5) is 5.82 Å². The molecule has 1 aliphatic rings. The van der Waals surface area contributed by atoms with Crippen molar-refractivity contribution in [2.45, 2.75) is 19.3 Å². The number of ether oxygens (including phenoxy) is 1. The van der Waals surface area contributed by atoms with Crippen LogP contribution in [0.15, 0.2) is 24.5 Å². The summed E-state index contributed by atoms with van der Waals surface area (Å²) in [5.74, 6) is 1.56. The van der Waals surface area contributed by atoms with Crippen molar-refractivity contribution in [3.63, 3.8) is 0 Å². The molecule has 0 atom stereocenters. The number of pyridine rings is 1. The van der Waals surface area contributed by atoms with E-state index in [9.17, 15) is 0 Å². The number of rotatable bonds is 7. The van der Waals surface area contributed by atoms with E-state index in [1.165, 1.54) is 16.9 Å². The summed E-state index contributed by atoms with van der Waals surface area (Å²) in [5, 5.41) is 13.4. The van der Waals surface area contributed by atoms with Gasteiger partial charge in [-0.2, -0.15) is 0 Å². The Kier molecular flexibility index (Phi) is 4.87. The number of aryl methyl sites for hydroxylation is 2. The van der Waals surface area contributed by atoms with E-state index in [0.717, 1.165) is 34.4 Å². The van der Waals surface area contributed by atoms with E-state index in [1.54, 1.807) is 23.7 Å².